The fourth-order valence-electron chi connectivity index (χ4n) is 2.10. The van der Waals surface area contributed by atoms with E-state index in [9.17, 15) is 9.90 Å². The highest BCUT2D eigenvalue weighted by molar-refractivity contribution is 5.70. The molecule has 98 valence electrons. The first-order valence-corrected chi connectivity index (χ1v) is 6.05. The Morgan fingerprint density at radius 2 is 2.00 bits per heavy atom. The van der Waals surface area contributed by atoms with Crippen molar-refractivity contribution in [2.24, 2.45) is 0 Å². The lowest BCUT2D eigenvalue weighted by atomic mass is 10.1. The Morgan fingerprint density at radius 1 is 1.33 bits per heavy atom. The first kappa shape index (κ1) is 12.7. The van der Waals surface area contributed by atoms with E-state index >= 15 is 0 Å². The summed E-state index contributed by atoms with van der Waals surface area (Å²) in [5.41, 5.74) is 2.33. The van der Waals surface area contributed by atoms with Crippen LogP contribution in [0.15, 0.2) is 12.1 Å². The number of rotatable bonds is 0. The van der Waals surface area contributed by atoms with Crippen molar-refractivity contribution in [3.8, 4) is 5.75 Å². The fourth-order valence-corrected chi connectivity index (χ4v) is 2.10. The molecule has 1 aliphatic rings. The molecular weight excluding hydrogens is 230 g/mol. The number of nitrogens with zero attached hydrogens (tertiary/aromatic N) is 1. The Labute approximate surface area is 107 Å². The number of hydrogen-bond donors (Lipinski definition) is 1. The van der Waals surface area contributed by atoms with E-state index in [0.29, 0.717) is 13.1 Å². The van der Waals surface area contributed by atoms with E-state index in [2.05, 4.69) is 0 Å². The first-order valence-electron chi connectivity index (χ1n) is 6.05. The molecule has 0 saturated heterocycles. The molecule has 1 N–H and O–H groups in total. The molecule has 4 heteroatoms. The smallest absolute Gasteiger partial charge is 0.410 e. The number of phenolic OH excluding ortho intramolecular Hbond substituents is 1. The SMILES string of the molecule is Cc1cc(O)c2c(c1)CN(C(=O)OC(C)(C)C)C2. The van der Waals surface area contributed by atoms with Gasteiger partial charge < -0.3 is 9.84 Å². The molecule has 0 saturated carbocycles. The summed E-state index contributed by atoms with van der Waals surface area (Å²) in [5.74, 6) is 0.260. The van der Waals surface area contributed by atoms with E-state index in [1.807, 2.05) is 33.8 Å². The van der Waals surface area contributed by atoms with Gasteiger partial charge in [0.25, 0.3) is 0 Å². The number of amides is 1. The standard InChI is InChI=1S/C14H19NO3/c1-9-5-10-7-15(8-11(10)12(16)6-9)13(17)18-14(2,3)4/h5-6,16H,7-8H2,1-4H3. The lowest BCUT2D eigenvalue weighted by Gasteiger charge is -2.24. The minimum atomic E-state index is -0.496. The van der Waals surface area contributed by atoms with Crippen LogP contribution in [0.2, 0.25) is 0 Å². The molecule has 1 heterocycles. The summed E-state index contributed by atoms with van der Waals surface area (Å²) in [6.45, 7) is 8.37. The summed E-state index contributed by atoms with van der Waals surface area (Å²) in [6.07, 6.45) is -0.337. The van der Waals surface area contributed by atoms with E-state index in [0.717, 1.165) is 16.7 Å². The summed E-state index contributed by atoms with van der Waals surface area (Å²) in [6, 6.07) is 3.72. The Hall–Kier alpha value is -1.71. The molecule has 0 aromatic heterocycles. The van der Waals surface area contributed by atoms with E-state index in [-0.39, 0.29) is 11.8 Å². The maximum Gasteiger partial charge on any atom is 0.410 e. The minimum Gasteiger partial charge on any atom is -0.508 e. The number of aryl methyl sites for hydroxylation is 1. The van der Waals surface area contributed by atoms with Crippen LogP contribution < -0.4 is 0 Å². The van der Waals surface area contributed by atoms with Gasteiger partial charge >= 0.3 is 6.09 Å². The highest BCUT2D eigenvalue weighted by Crippen LogP contribution is 2.32. The van der Waals surface area contributed by atoms with Crippen molar-refractivity contribution >= 4 is 6.09 Å². The molecule has 2 rings (SSSR count). The molecule has 0 fully saturated rings. The normalized spacial score (nSPS) is 14.6. The second-order valence-corrected chi connectivity index (χ2v) is 5.76. The lowest BCUT2D eigenvalue weighted by molar-refractivity contribution is 0.0241. The summed E-state index contributed by atoms with van der Waals surface area (Å²) in [5, 5.41) is 9.87. The number of phenols is 1. The summed E-state index contributed by atoms with van der Waals surface area (Å²) < 4.78 is 5.33. The Kier molecular flexibility index (Phi) is 2.97. The summed E-state index contributed by atoms with van der Waals surface area (Å²) >= 11 is 0. The molecule has 4 nitrogen and oxygen atoms in total. The number of carbonyl (C=O) groups excluding carboxylic acids is 1. The van der Waals surface area contributed by atoms with Gasteiger partial charge in [-0.05, 0) is 44.9 Å². The van der Waals surface area contributed by atoms with Gasteiger partial charge in [0.2, 0.25) is 0 Å². The van der Waals surface area contributed by atoms with Gasteiger partial charge in [0.1, 0.15) is 11.4 Å². The van der Waals surface area contributed by atoms with E-state index in [1.165, 1.54) is 0 Å². The fraction of sp³-hybridized carbons (Fsp3) is 0.500. The largest absolute Gasteiger partial charge is 0.508 e. The minimum absolute atomic E-state index is 0.260. The third kappa shape index (κ3) is 2.58. The Bertz CT molecular complexity index is 489. The third-order valence-electron chi connectivity index (χ3n) is 2.82. The van der Waals surface area contributed by atoms with Crippen LogP contribution in [-0.2, 0) is 17.8 Å². The monoisotopic (exact) mass is 249 g/mol. The van der Waals surface area contributed by atoms with Gasteiger partial charge in [-0.3, -0.25) is 4.90 Å². The maximum absolute atomic E-state index is 11.9. The van der Waals surface area contributed by atoms with Crippen LogP contribution in [0.1, 0.15) is 37.5 Å². The molecule has 0 unspecified atom stereocenters. The molecule has 18 heavy (non-hydrogen) atoms. The second-order valence-electron chi connectivity index (χ2n) is 5.76. The molecule has 1 aliphatic heterocycles. The quantitative estimate of drug-likeness (QED) is 0.769. The summed E-state index contributed by atoms with van der Waals surface area (Å²) in [4.78, 5) is 13.6. The van der Waals surface area contributed by atoms with Crippen LogP contribution in [0.4, 0.5) is 4.79 Å². The van der Waals surface area contributed by atoms with Gasteiger partial charge in [0, 0.05) is 12.1 Å². The predicted octanol–water partition coefficient (Wildman–Crippen LogP) is 2.95. The number of fused-ring (bicyclic) bond motifs is 1. The second kappa shape index (κ2) is 4.19. The maximum atomic E-state index is 11.9. The van der Waals surface area contributed by atoms with Crippen molar-refractivity contribution in [1.82, 2.24) is 4.90 Å². The molecule has 1 aromatic carbocycles. The number of ether oxygens (including phenoxy) is 1. The van der Waals surface area contributed by atoms with Crippen molar-refractivity contribution in [1.29, 1.82) is 0 Å². The average molecular weight is 249 g/mol. The highest BCUT2D eigenvalue weighted by atomic mass is 16.6. The van der Waals surface area contributed by atoms with E-state index < -0.39 is 5.60 Å². The molecule has 0 bridgehead atoms. The van der Waals surface area contributed by atoms with Gasteiger partial charge in [0.15, 0.2) is 0 Å². The zero-order valence-corrected chi connectivity index (χ0v) is 11.3. The molecule has 0 spiro atoms. The van der Waals surface area contributed by atoms with Crippen molar-refractivity contribution in [3.05, 3.63) is 28.8 Å². The summed E-state index contributed by atoms with van der Waals surface area (Å²) in [7, 11) is 0. The van der Waals surface area contributed by atoms with Gasteiger partial charge in [-0.15, -0.1) is 0 Å². The molecule has 0 atom stereocenters. The molecule has 0 radical (unpaired) electrons. The topological polar surface area (TPSA) is 49.8 Å². The van der Waals surface area contributed by atoms with Crippen LogP contribution in [0.3, 0.4) is 0 Å². The van der Waals surface area contributed by atoms with Crippen LogP contribution in [0.25, 0.3) is 0 Å². The van der Waals surface area contributed by atoms with E-state index in [1.54, 1.807) is 11.0 Å². The predicted molar refractivity (Wildman–Crippen MR) is 68.3 cm³/mol. The highest BCUT2D eigenvalue weighted by Gasteiger charge is 2.29. The van der Waals surface area contributed by atoms with Gasteiger partial charge in [-0.25, -0.2) is 4.79 Å². The van der Waals surface area contributed by atoms with Crippen LogP contribution in [0.5, 0.6) is 5.75 Å². The zero-order valence-electron chi connectivity index (χ0n) is 11.3. The molecular formula is C14H19NO3. The Morgan fingerprint density at radius 3 is 2.61 bits per heavy atom. The number of aromatic hydroxyl groups is 1. The van der Waals surface area contributed by atoms with Crippen LogP contribution in [-0.4, -0.2) is 21.7 Å². The van der Waals surface area contributed by atoms with Gasteiger partial charge in [-0.1, -0.05) is 6.07 Å². The van der Waals surface area contributed by atoms with Crippen LogP contribution >= 0.6 is 0 Å². The average Bonchev–Trinajstić information content (AvgIpc) is 2.58. The van der Waals surface area contributed by atoms with Gasteiger partial charge in [-0.2, -0.15) is 0 Å². The van der Waals surface area contributed by atoms with E-state index in [4.69, 9.17) is 4.74 Å². The molecule has 1 amide bonds. The lowest BCUT2D eigenvalue weighted by Crippen LogP contribution is -2.33. The number of benzene rings is 1. The van der Waals surface area contributed by atoms with Crippen molar-refractivity contribution in [2.75, 3.05) is 0 Å². The number of hydrogen-bond acceptors (Lipinski definition) is 3. The molecule has 1 aromatic rings. The van der Waals surface area contributed by atoms with Crippen LogP contribution in [0, 0.1) is 6.92 Å². The van der Waals surface area contributed by atoms with Crippen molar-refractivity contribution in [2.45, 2.75) is 46.4 Å². The third-order valence-corrected chi connectivity index (χ3v) is 2.82. The van der Waals surface area contributed by atoms with Crippen molar-refractivity contribution < 1.29 is 14.6 Å². The molecule has 0 aliphatic carbocycles. The first-order chi connectivity index (χ1) is 8.26. The zero-order chi connectivity index (χ0) is 13.5. The Balaban J connectivity index is 2.15. The van der Waals surface area contributed by atoms with Gasteiger partial charge in [0.05, 0.1) is 6.54 Å². The van der Waals surface area contributed by atoms with Crippen molar-refractivity contribution in [3.63, 3.8) is 0 Å². The number of carbonyl (C=O) groups is 1.